The number of ketones is 2. The number of methoxy groups -OCH3 is 2. The van der Waals surface area contributed by atoms with Crippen molar-refractivity contribution in [2.45, 2.75) is 32.4 Å². The first-order chi connectivity index (χ1) is 17.5. The molecule has 196 valence electrons. The second-order valence-corrected chi connectivity index (χ2v) is 8.13. The van der Waals surface area contributed by atoms with Gasteiger partial charge in [-0.3, -0.25) is 9.59 Å². The number of benzene rings is 2. The van der Waals surface area contributed by atoms with E-state index in [1.165, 1.54) is 51.5 Å². The number of hydrogen-bond acceptors (Lipinski definition) is 9. The lowest BCUT2D eigenvalue weighted by Crippen LogP contribution is -2.64. The van der Waals surface area contributed by atoms with Crippen LogP contribution < -0.4 is 30.4 Å². The zero-order chi connectivity index (χ0) is 27.5. The van der Waals surface area contributed by atoms with Gasteiger partial charge in [-0.1, -0.05) is 24.3 Å². The van der Waals surface area contributed by atoms with Gasteiger partial charge in [0.15, 0.2) is 40.6 Å². The van der Waals surface area contributed by atoms with Gasteiger partial charge in [0, 0.05) is 0 Å². The molecule has 0 aliphatic heterocycles. The van der Waals surface area contributed by atoms with Crippen molar-refractivity contribution in [2.24, 2.45) is 5.73 Å². The summed E-state index contributed by atoms with van der Waals surface area (Å²) in [6.07, 6.45) is 5.29. The van der Waals surface area contributed by atoms with Gasteiger partial charge in [-0.25, -0.2) is 9.59 Å². The molecule has 0 bridgehead atoms. The molecule has 0 spiro atoms. The van der Waals surface area contributed by atoms with Crippen LogP contribution in [-0.2, 0) is 19.2 Å². The van der Waals surface area contributed by atoms with Gasteiger partial charge in [-0.2, -0.15) is 0 Å². The minimum Gasteiger partial charge on any atom is -0.493 e. The Hall–Kier alpha value is -4.28. The molecule has 2 aromatic rings. The highest BCUT2D eigenvalue weighted by Gasteiger charge is 2.17. The van der Waals surface area contributed by atoms with Crippen LogP contribution in [0.4, 0.5) is 0 Å². The first kappa shape index (κ1) is 29.0. The van der Waals surface area contributed by atoms with Crippen molar-refractivity contribution >= 4 is 35.7 Å². The molecule has 0 saturated heterocycles. The largest absolute Gasteiger partial charge is 0.493 e. The molecule has 0 unspecified atom stereocenters. The topological polar surface area (TPSA) is 159 Å². The highest BCUT2D eigenvalue weighted by Crippen LogP contribution is 2.30. The third-order valence-electron chi connectivity index (χ3n) is 4.84. The summed E-state index contributed by atoms with van der Waals surface area (Å²) in [6, 6.07) is 8.20. The lowest BCUT2D eigenvalue weighted by atomic mass is 10.1. The second-order valence-electron chi connectivity index (χ2n) is 8.13. The summed E-state index contributed by atoms with van der Waals surface area (Å²) in [5.74, 6) is -0.853. The number of quaternary nitrogens is 1. The van der Waals surface area contributed by atoms with Crippen LogP contribution >= 0.6 is 0 Å². The first-order valence-electron chi connectivity index (χ1n) is 11.3. The van der Waals surface area contributed by atoms with Crippen molar-refractivity contribution in [1.29, 1.82) is 0 Å². The number of nitrogens with two attached hydrogens (primary N) is 1. The molecular weight excluding hydrogens is 480 g/mol. The average molecular weight is 512 g/mol. The summed E-state index contributed by atoms with van der Waals surface area (Å²) < 4.78 is 20.9. The lowest BCUT2D eigenvalue weighted by Gasteiger charge is -2.11. The lowest BCUT2D eigenvalue weighted by molar-refractivity contribution is -0.401. The van der Waals surface area contributed by atoms with Crippen LogP contribution in [0.25, 0.3) is 12.2 Å². The van der Waals surface area contributed by atoms with Gasteiger partial charge >= 0.3 is 11.9 Å². The highest BCUT2D eigenvalue weighted by molar-refractivity contribution is 6.10. The van der Waals surface area contributed by atoms with E-state index in [0.717, 1.165) is 0 Å². The molecule has 2 rings (SSSR count). The molecule has 0 heterocycles. The van der Waals surface area contributed by atoms with E-state index in [0.29, 0.717) is 22.6 Å². The zero-order valence-electron chi connectivity index (χ0n) is 21.2. The van der Waals surface area contributed by atoms with Crippen LogP contribution in [0.1, 0.15) is 31.4 Å². The molecule has 0 amide bonds. The molecular formula is C27H31N2O8+. The Bertz CT molecular complexity index is 1120. The Kier molecular flexibility index (Phi) is 10.7. The number of carbonyl (C=O) groups excluding carboxylic acids is 4. The molecule has 0 saturated carbocycles. The average Bonchev–Trinajstić information content (AvgIpc) is 2.87. The maximum absolute atomic E-state index is 12.3. The fourth-order valence-corrected chi connectivity index (χ4v) is 2.82. The van der Waals surface area contributed by atoms with E-state index in [1.807, 2.05) is 0 Å². The molecule has 37 heavy (non-hydrogen) atoms. The van der Waals surface area contributed by atoms with Gasteiger partial charge in [0.1, 0.15) is 6.04 Å². The van der Waals surface area contributed by atoms with E-state index in [9.17, 15) is 19.2 Å². The Morgan fingerprint density at radius 2 is 1.22 bits per heavy atom. The summed E-state index contributed by atoms with van der Waals surface area (Å²) >= 11 is 0. The predicted molar refractivity (Wildman–Crippen MR) is 136 cm³/mol. The molecule has 10 heteroatoms. The number of esters is 2. The van der Waals surface area contributed by atoms with Gasteiger partial charge in [-0.05, 0) is 61.4 Å². The van der Waals surface area contributed by atoms with Gasteiger partial charge in [0.2, 0.25) is 0 Å². The second kappa shape index (κ2) is 13.7. The SMILES string of the molecule is COc1cc(/C=C/C(=O)CC(=O)/C=C/c2ccc(OC(=O)[C@H](C)[NH3+])c(OC)c2)ccc1OC(=O)[C@H](C)N. The fourth-order valence-electron chi connectivity index (χ4n) is 2.82. The Morgan fingerprint density at radius 1 is 0.784 bits per heavy atom. The van der Waals surface area contributed by atoms with Gasteiger partial charge < -0.3 is 30.4 Å². The highest BCUT2D eigenvalue weighted by atomic mass is 16.6. The number of hydrogen-bond donors (Lipinski definition) is 2. The van der Waals surface area contributed by atoms with Crippen molar-refractivity contribution < 1.29 is 43.9 Å². The first-order valence-corrected chi connectivity index (χ1v) is 11.3. The minimum absolute atomic E-state index is 0.202. The maximum Gasteiger partial charge on any atom is 0.369 e. The van der Waals surface area contributed by atoms with Crippen LogP contribution in [0, 0.1) is 0 Å². The number of rotatable bonds is 12. The van der Waals surface area contributed by atoms with Crippen LogP contribution in [0.5, 0.6) is 23.0 Å². The third kappa shape index (κ3) is 9.02. The third-order valence-corrected chi connectivity index (χ3v) is 4.84. The molecule has 10 nitrogen and oxygen atoms in total. The summed E-state index contributed by atoms with van der Waals surface area (Å²) in [6.45, 7) is 3.12. The number of allylic oxidation sites excluding steroid dienone is 2. The monoisotopic (exact) mass is 511 g/mol. The summed E-state index contributed by atoms with van der Waals surface area (Å²) in [4.78, 5) is 48.0. The summed E-state index contributed by atoms with van der Waals surface area (Å²) in [5.41, 5.74) is 10.3. The van der Waals surface area contributed by atoms with Crippen molar-refractivity contribution in [1.82, 2.24) is 0 Å². The Labute approximate surface area is 214 Å². The van der Waals surface area contributed by atoms with Crippen LogP contribution in [0.3, 0.4) is 0 Å². The number of ether oxygens (including phenoxy) is 4. The Morgan fingerprint density at radius 3 is 1.59 bits per heavy atom. The quantitative estimate of drug-likeness (QED) is 0.187. The van der Waals surface area contributed by atoms with Crippen molar-refractivity contribution in [2.75, 3.05) is 14.2 Å². The normalized spacial score (nSPS) is 12.7. The van der Waals surface area contributed by atoms with E-state index in [1.54, 1.807) is 37.3 Å². The standard InChI is InChI=1S/C27H30N2O8/c1-16(28)26(32)36-22-11-7-18(13-24(22)34-3)5-9-20(30)15-21(31)10-6-19-8-12-23(25(14-19)35-4)37-27(33)17(2)29/h5-14,16-17H,15,28-29H2,1-4H3/p+1/b9-5+,10-6+/t16-,17-/m0/s1. The Balaban J connectivity index is 2.00. The van der Waals surface area contributed by atoms with Gasteiger partial charge in [0.05, 0.1) is 20.6 Å². The van der Waals surface area contributed by atoms with E-state index >= 15 is 0 Å². The zero-order valence-corrected chi connectivity index (χ0v) is 21.2. The fraction of sp³-hybridized carbons (Fsp3) is 0.259. The maximum atomic E-state index is 12.3. The molecule has 0 aliphatic rings. The minimum atomic E-state index is -0.790. The molecule has 2 atom stereocenters. The van der Waals surface area contributed by atoms with Crippen molar-refractivity contribution in [3.63, 3.8) is 0 Å². The van der Waals surface area contributed by atoms with Crippen molar-refractivity contribution in [3.05, 3.63) is 59.7 Å². The molecule has 0 radical (unpaired) electrons. The van der Waals surface area contributed by atoms with Crippen LogP contribution in [-0.4, -0.2) is 49.8 Å². The molecule has 2 aromatic carbocycles. The van der Waals surface area contributed by atoms with E-state index in [-0.39, 0.29) is 17.9 Å². The number of carbonyl (C=O) groups is 4. The smallest absolute Gasteiger partial charge is 0.369 e. The van der Waals surface area contributed by atoms with E-state index < -0.39 is 35.6 Å². The molecule has 0 aliphatic carbocycles. The van der Waals surface area contributed by atoms with Gasteiger partial charge in [0.25, 0.3) is 0 Å². The van der Waals surface area contributed by atoms with Crippen molar-refractivity contribution in [3.8, 4) is 23.0 Å². The summed E-state index contributed by atoms with van der Waals surface area (Å²) in [7, 11) is 2.85. The molecule has 0 aromatic heterocycles. The van der Waals surface area contributed by atoms with Gasteiger partial charge in [-0.15, -0.1) is 0 Å². The van der Waals surface area contributed by atoms with Crippen LogP contribution in [0.15, 0.2) is 48.6 Å². The summed E-state index contributed by atoms with van der Waals surface area (Å²) in [5, 5.41) is 0. The van der Waals surface area contributed by atoms with E-state index in [4.69, 9.17) is 24.7 Å². The van der Waals surface area contributed by atoms with E-state index in [2.05, 4.69) is 5.73 Å². The molecule has 0 fully saturated rings. The van der Waals surface area contributed by atoms with Crippen LogP contribution in [0.2, 0.25) is 0 Å². The predicted octanol–water partition coefficient (Wildman–Crippen LogP) is 1.75. The molecule has 5 N–H and O–H groups in total.